The molecule has 17 heavy (non-hydrogen) atoms. The standard InChI is InChI=1S/C13H20O4/c1-8(14)17-11-4-3-9-7-10(15)5-6-13(9,2)12(11)16/h9,11-12,16H,3-7H2,1-2H3/t9-,11+,12-,13+/m1/s1. The van der Waals surface area contributed by atoms with Gasteiger partial charge in [-0.05, 0) is 25.2 Å². The van der Waals surface area contributed by atoms with Crippen LogP contribution in [-0.4, -0.2) is 29.1 Å². The molecule has 0 radical (unpaired) electrons. The lowest BCUT2D eigenvalue weighted by Gasteiger charge is -2.50. The Bertz CT molecular complexity index is 338. The van der Waals surface area contributed by atoms with Crippen LogP contribution < -0.4 is 0 Å². The second-order valence-electron chi connectivity index (χ2n) is 5.62. The van der Waals surface area contributed by atoms with E-state index in [2.05, 4.69) is 0 Å². The molecule has 2 fully saturated rings. The molecular weight excluding hydrogens is 220 g/mol. The Morgan fingerprint density at radius 1 is 1.47 bits per heavy atom. The molecule has 4 atom stereocenters. The number of aliphatic hydroxyl groups is 1. The maximum atomic E-state index is 11.5. The topological polar surface area (TPSA) is 63.6 Å². The largest absolute Gasteiger partial charge is 0.460 e. The zero-order chi connectivity index (χ0) is 12.6. The predicted molar refractivity (Wildman–Crippen MR) is 61.2 cm³/mol. The maximum Gasteiger partial charge on any atom is 0.302 e. The number of ketones is 1. The number of carbonyl (C=O) groups is 2. The smallest absolute Gasteiger partial charge is 0.302 e. The summed E-state index contributed by atoms with van der Waals surface area (Å²) in [6.07, 6.45) is 2.29. The molecule has 2 aliphatic rings. The summed E-state index contributed by atoms with van der Waals surface area (Å²) in [6, 6.07) is 0. The highest BCUT2D eigenvalue weighted by molar-refractivity contribution is 5.79. The van der Waals surface area contributed by atoms with Crippen LogP contribution in [0.15, 0.2) is 0 Å². The van der Waals surface area contributed by atoms with E-state index in [1.807, 2.05) is 6.92 Å². The van der Waals surface area contributed by atoms with Gasteiger partial charge in [0.05, 0.1) is 6.10 Å². The highest BCUT2D eigenvalue weighted by Crippen LogP contribution is 2.49. The van der Waals surface area contributed by atoms with Gasteiger partial charge in [0.1, 0.15) is 11.9 Å². The molecule has 0 bridgehead atoms. The number of carbonyl (C=O) groups excluding carboxylic acids is 2. The molecule has 0 heterocycles. The predicted octanol–water partition coefficient (Wildman–Crippen LogP) is 1.45. The molecule has 2 rings (SSSR count). The van der Waals surface area contributed by atoms with Crippen molar-refractivity contribution in [1.29, 1.82) is 0 Å². The van der Waals surface area contributed by atoms with E-state index < -0.39 is 12.2 Å². The van der Waals surface area contributed by atoms with Gasteiger partial charge >= 0.3 is 5.97 Å². The number of hydrogen-bond donors (Lipinski definition) is 1. The molecule has 2 saturated carbocycles. The zero-order valence-corrected chi connectivity index (χ0v) is 10.4. The number of rotatable bonds is 1. The van der Waals surface area contributed by atoms with E-state index in [9.17, 15) is 14.7 Å². The van der Waals surface area contributed by atoms with Gasteiger partial charge in [-0.2, -0.15) is 0 Å². The molecule has 4 heteroatoms. The lowest BCUT2D eigenvalue weighted by atomic mass is 9.58. The summed E-state index contributed by atoms with van der Waals surface area (Å²) in [5.41, 5.74) is -0.272. The van der Waals surface area contributed by atoms with Crippen molar-refractivity contribution >= 4 is 11.8 Å². The van der Waals surface area contributed by atoms with Crippen LogP contribution in [0.4, 0.5) is 0 Å². The highest BCUT2D eigenvalue weighted by atomic mass is 16.6. The summed E-state index contributed by atoms with van der Waals surface area (Å²) in [5, 5.41) is 10.4. The summed E-state index contributed by atoms with van der Waals surface area (Å²) >= 11 is 0. The summed E-state index contributed by atoms with van der Waals surface area (Å²) < 4.78 is 5.17. The van der Waals surface area contributed by atoms with E-state index in [1.165, 1.54) is 6.92 Å². The molecule has 0 saturated heterocycles. The Morgan fingerprint density at radius 2 is 2.18 bits per heavy atom. The molecule has 4 nitrogen and oxygen atoms in total. The monoisotopic (exact) mass is 240 g/mol. The van der Waals surface area contributed by atoms with Crippen LogP contribution in [0.2, 0.25) is 0 Å². The van der Waals surface area contributed by atoms with Crippen molar-refractivity contribution in [2.24, 2.45) is 11.3 Å². The van der Waals surface area contributed by atoms with E-state index in [4.69, 9.17) is 4.74 Å². The van der Waals surface area contributed by atoms with Crippen LogP contribution >= 0.6 is 0 Å². The van der Waals surface area contributed by atoms with Crippen molar-refractivity contribution in [3.63, 3.8) is 0 Å². The average molecular weight is 240 g/mol. The number of esters is 1. The maximum absolute atomic E-state index is 11.5. The third kappa shape index (κ3) is 2.23. The average Bonchev–Trinajstić information content (AvgIpc) is 2.25. The number of Topliss-reactive ketones (excluding diaryl/α,β-unsaturated/α-hetero) is 1. The SMILES string of the molecule is CC(=O)O[C@H]1CC[C@@H]2CC(=O)CC[C@]2(C)[C@@H]1O. The Balaban J connectivity index is 2.13. The van der Waals surface area contributed by atoms with Crippen molar-refractivity contribution in [3.05, 3.63) is 0 Å². The van der Waals surface area contributed by atoms with Crippen LogP contribution in [0.5, 0.6) is 0 Å². The van der Waals surface area contributed by atoms with Crippen molar-refractivity contribution in [1.82, 2.24) is 0 Å². The van der Waals surface area contributed by atoms with Gasteiger partial charge in [0, 0.05) is 25.2 Å². The first-order valence-electron chi connectivity index (χ1n) is 6.30. The van der Waals surface area contributed by atoms with Gasteiger partial charge in [-0.3, -0.25) is 9.59 Å². The first-order chi connectivity index (χ1) is 7.93. The van der Waals surface area contributed by atoms with E-state index in [0.29, 0.717) is 31.5 Å². The van der Waals surface area contributed by atoms with E-state index >= 15 is 0 Å². The van der Waals surface area contributed by atoms with Crippen LogP contribution in [0.25, 0.3) is 0 Å². The van der Waals surface area contributed by atoms with Crippen molar-refractivity contribution in [2.45, 2.75) is 58.2 Å². The fraction of sp³-hybridized carbons (Fsp3) is 0.846. The highest BCUT2D eigenvalue weighted by Gasteiger charge is 2.51. The molecule has 0 unspecified atom stereocenters. The number of aliphatic hydroxyl groups excluding tert-OH is 1. The van der Waals surface area contributed by atoms with Gasteiger partial charge in [-0.25, -0.2) is 0 Å². The Labute approximate surface area is 101 Å². The van der Waals surface area contributed by atoms with Gasteiger partial charge in [0.25, 0.3) is 0 Å². The normalized spacial score (nSPS) is 41.8. The van der Waals surface area contributed by atoms with E-state index in [1.54, 1.807) is 0 Å². The Kier molecular flexibility index (Phi) is 3.25. The van der Waals surface area contributed by atoms with Gasteiger partial charge < -0.3 is 9.84 Å². The third-order valence-electron chi connectivity index (χ3n) is 4.49. The lowest BCUT2D eigenvalue weighted by molar-refractivity contribution is -0.176. The van der Waals surface area contributed by atoms with Crippen molar-refractivity contribution < 1.29 is 19.4 Å². The molecule has 96 valence electrons. The summed E-state index contributed by atoms with van der Waals surface area (Å²) in [6.45, 7) is 3.38. The number of hydrogen-bond acceptors (Lipinski definition) is 4. The molecule has 0 aliphatic heterocycles. The number of ether oxygens (including phenoxy) is 1. The molecule has 0 amide bonds. The minimum absolute atomic E-state index is 0.241. The van der Waals surface area contributed by atoms with E-state index in [-0.39, 0.29) is 17.3 Å². The Hall–Kier alpha value is -0.900. The first-order valence-corrected chi connectivity index (χ1v) is 6.30. The second kappa shape index (κ2) is 4.41. The number of fused-ring (bicyclic) bond motifs is 1. The molecule has 1 N–H and O–H groups in total. The molecule has 2 aliphatic carbocycles. The van der Waals surface area contributed by atoms with Crippen LogP contribution in [0.1, 0.15) is 46.0 Å². The minimum atomic E-state index is -0.641. The summed E-state index contributed by atoms with van der Waals surface area (Å²) in [4.78, 5) is 22.4. The first kappa shape index (κ1) is 12.6. The lowest BCUT2D eigenvalue weighted by Crippen LogP contribution is -2.53. The molecule has 0 aromatic carbocycles. The van der Waals surface area contributed by atoms with Gasteiger partial charge in [0.2, 0.25) is 0 Å². The van der Waals surface area contributed by atoms with Crippen LogP contribution in [0.3, 0.4) is 0 Å². The molecular formula is C13H20O4. The van der Waals surface area contributed by atoms with Gasteiger partial charge in [-0.15, -0.1) is 0 Å². The molecule has 0 aromatic heterocycles. The van der Waals surface area contributed by atoms with Gasteiger partial charge in [-0.1, -0.05) is 6.92 Å². The fourth-order valence-corrected chi connectivity index (χ4v) is 3.33. The molecule has 0 aromatic rings. The van der Waals surface area contributed by atoms with Crippen molar-refractivity contribution in [2.75, 3.05) is 0 Å². The zero-order valence-electron chi connectivity index (χ0n) is 10.4. The summed E-state index contributed by atoms with van der Waals surface area (Å²) in [5.74, 6) is 0.194. The quantitative estimate of drug-likeness (QED) is 0.705. The van der Waals surface area contributed by atoms with Crippen LogP contribution in [0, 0.1) is 11.3 Å². The third-order valence-corrected chi connectivity index (χ3v) is 4.49. The summed E-state index contributed by atoms with van der Waals surface area (Å²) in [7, 11) is 0. The second-order valence-corrected chi connectivity index (χ2v) is 5.62. The minimum Gasteiger partial charge on any atom is -0.460 e. The fourth-order valence-electron chi connectivity index (χ4n) is 3.33. The Morgan fingerprint density at radius 3 is 2.82 bits per heavy atom. The van der Waals surface area contributed by atoms with Gasteiger partial charge in [0.15, 0.2) is 0 Å². The molecule has 0 spiro atoms. The van der Waals surface area contributed by atoms with Crippen LogP contribution in [-0.2, 0) is 14.3 Å². The van der Waals surface area contributed by atoms with E-state index in [0.717, 1.165) is 6.42 Å². The van der Waals surface area contributed by atoms with Crippen molar-refractivity contribution in [3.8, 4) is 0 Å².